The zero-order valence-electron chi connectivity index (χ0n) is 2.29. The van der Waals surface area contributed by atoms with Crippen molar-refractivity contribution < 1.29 is 14.2 Å². The minimum absolute atomic E-state index is 2.05. The monoisotopic (exact) mass is 113 g/mol. The van der Waals surface area contributed by atoms with Crippen LogP contribution in [0.1, 0.15) is 0 Å². The van der Waals surface area contributed by atoms with E-state index < -0.39 is 7.63 Å². The molecule has 0 aromatic heterocycles. The van der Waals surface area contributed by atoms with Crippen LogP contribution in [0, 0.1) is 0 Å². The van der Waals surface area contributed by atoms with Gasteiger partial charge in [-0.25, -0.2) is 0 Å². The van der Waals surface area contributed by atoms with Crippen LogP contribution in [0.5, 0.6) is 0 Å². The van der Waals surface area contributed by atoms with Gasteiger partial charge in [0.15, 0.2) is 0 Å². The molecule has 1 rings (SSSR count). The van der Waals surface area contributed by atoms with Crippen LogP contribution >= 0.6 is 16.6 Å². The van der Waals surface area contributed by atoms with Crippen LogP contribution in [0.3, 0.4) is 0 Å². The van der Waals surface area contributed by atoms with E-state index in [0.29, 0.717) is 0 Å². The van der Waals surface area contributed by atoms with Crippen LogP contribution in [0.2, 0.25) is 0 Å². The smallest absolute Gasteiger partial charge is 0.187 e. The molecule has 1 aliphatic heterocycles. The molecule has 0 aromatic rings. The molecule has 1 atom stereocenters. The lowest BCUT2D eigenvalue weighted by molar-refractivity contribution is 0.0850. The van der Waals surface area contributed by atoms with E-state index in [-0.39, 0.29) is 0 Å². The maximum absolute atomic E-state index is 8.26. The van der Waals surface area contributed by atoms with Gasteiger partial charge in [0.1, 0.15) is 8.93 Å². The first kappa shape index (κ1) is 3.91. The Morgan fingerprint density at radius 2 is 1.80 bits per heavy atom. The lowest BCUT2D eigenvalue weighted by Crippen LogP contribution is -1.37. The molecule has 5 heavy (non-hydrogen) atoms. The second-order valence-corrected chi connectivity index (χ2v) is 4.10. The lowest BCUT2D eigenvalue weighted by Gasteiger charge is -1.57. The van der Waals surface area contributed by atoms with Gasteiger partial charge in [0.25, 0.3) is 0 Å². The van der Waals surface area contributed by atoms with Gasteiger partial charge in [-0.1, -0.05) is 0 Å². The molecule has 0 aliphatic carbocycles. The number of hydrogen-bond acceptors (Lipinski definition) is 3. The Balaban J connectivity index is 2.38. The van der Waals surface area contributed by atoms with Gasteiger partial charge in [0, 0.05) is 9.35 Å². The largest absolute Gasteiger partial charge is 0.504 e. The SMILES string of the molecule is O[P+]1(P)OO1. The minimum atomic E-state index is -2.22. The first-order valence-corrected chi connectivity index (χ1v) is 4.19. The Labute approximate surface area is 31.9 Å². The first-order chi connectivity index (χ1) is 2.21. The van der Waals surface area contributed by atoms with Crippen LogP contribution in [-0.4, -0.2) is 4.89 Å². The molecule has 1 fully saturated rings. The van der Waals surface area contributed by atoms with Crippen molar-refractivity contribution >= 4 is 16.6 Å². The fraction of sp³-hybridized carbons (Fsp3) is 0. The third kappa shape index (κ3) is 1.08. The van der Waals surface area contributed by atoms with E-state index in [9.17, 15) is 0 Å². The topological polar surface area (TPSA) is 45.3 Å². The molecule has 1 aliphatic rings. The van der Waals surface area contributed by atoms with Crippen molar-refractivity contribution in [1.82, 2.24) is 0 Å². The lowest BCUT2D eigenvalue weighted by atomic mass is 15.0. The maximum atomic E-state index is 8.26. The zero-order chi connectivity index (χ0) is 3.91. The van der Waals surface area contributed by atoms with Crippen molar-refractivity contribution in [2.45, 2.75) is 0 Å². The third-order valence-corrected chi connectivity index (χ3v) is 1.20. The summed E-state index contributed by atoms with van der Waals surface area (Å²) in [4.78, 5) is 8.26. The van der Waals surface area contributed by atoms with Crippen molar-refractivity contribution in [3.05, 3.63) is 0 Å². The van der Waals surface area contributed by atoms with E-state index in [1.165, 1.54) is 0 Å². The molecule has 30 valence electrons. The molecule has 0 bridgehead atoms. The summed E-state index contributed by atoms with van der Waals surface area (Å²) in [6, 6.07) is 0. The van der Waals surface area contributed by atoms with Crippen LogP contribution < -0.4 is 0 Å². The normalized spacial score (nSPS) is 30.0. The Morgan fingerprint density at radius 1 is 1.60 bits per heavy atom. The molecule has 5 heteroatoms. The second-order valence-electron chi connectivity index (χ2n) is 0.713. The molecule has 0 radical (unpaired) electrons. The number of hydrogen-bond donors (Lipinski definition) is 1. The summed E-state index contributed by atoms with van der Waals surface area (Å²) in [5.41, 5.74) is 0. The molecule has 0 amide bonds. The summed E-state index contributed by atoms with van der Waals surface area (Å²) in [5.74, 6) is 0. The van der Waals surface area contributed by atoms with Crippen molar-refractivity contribution in [2.24, 2.45) is 0 Å². The van der Waals surface area contributed by atoms with Crippen molar-refractivity contribution in [3.8, 4) is 0 Å². The third-order valence-electron chi connectivity index (χ3n) is 0.227. The molecule has 0 saturated carbocycles. The summed E-state index contributed by atoms with van der Waals surface area (Å²) in [6.07, 6.45) is 0. The second kappa shape index (κ2) is 0.868. The first-order valence-electron chi connectivity index (χ1n) is 0.990. The van der Waals surface area contributed by atoms with E-state index in [1.54, 1.807) is 0 Å². The van der Waals surface area contributed by atoms with Gasteiger partial charge in [-0.2, -0.15) is 4.89 Å². The highest BCUT2D eigenvalue weighted by Gasteiger charge is 2.57. The Hall–Kier alpha value is 0.740. The average molecular weight is 113 g/mol. The van der Waals surface area contributed by atoms with Crippen molar-refractivity contribution in [3.63, 3.8) is 0 Å². The van der Waals surface area contributed by atoms with Gasteiger partial charge in [0.2, 0.25) is 0 Å². The van der Waals surface area contributed by atoms with Gasteiger partial charge in [-0.05, 0) is 0 Å². The number of rotatable bonds is 0. The van der Waals surface area contributed by atoms with Crippen molar-refractivity contribution in [1.29, 1.82) is 0 Å². The van der Waals surface area contributed by atoms with Crippen molar-refractivity contribution in [2.75, 3.05) is 0 Å². The highest BCUT2D eigenvalue weighted by molar-refractivity contribution is 8.18. The van der Waals surface area contributed by atoms with Crippen LogP contribution in [0.4, 0.5) is 0 Å². The predicted octanol–water partition coefficient (Wildman–Crippen LogP) is 0.493. The molecular formula is H3O3P2+. The molecular weight excluding hydrogens is 110 g/mol. The van der Waals surface area contributed by atoms with Crippen LogP contribution in [0.15, 0.2) is 0 Å². The van der Waals surface area contributed by atoms with Gasteiger partial charge in [0.05, 0.1) is 0 Å². The summed E-state index contributed by atoms with van der Waals surface area (Å²) < 4.78 is 8.05. The Bertz CT molecular complexity index is 42.9. The molecule has 1 N–H and O–H groups in total. The van der Waals surface area contributed by atoms with Gasteiger partial charge in [-0.15, -0.1) is 0 Å². The summed E-state index contributed by atoms with van der Waals surface area (Å²) >= 11 is 0. The van der Waals surface area contributed by atoms with E-state index in [2.05, 4.69) is 9.35 Å². The zero-order valence-corrected chi connectivity index (χ0v) is 4.34. The standard InChI is InChI=1S/H3O3P2/c1-5(4)2-3-5/h1H,4H2/q+1. The maximum Gasteiger partial charge on any atom is 0.504 e. The fourth-order valence-corrected chi connectivity index (χ4v) is 0.654. The summed E-state index contributed by atoms with van der Waals surface area (Å²) in [6.45, 7) is 0. The summed E-state index contributed by atoms with van der Waals surface area (Å²) in [5, 5.41) is 0. The van der Waals surface area contributed by atoms with Crippen LogP contribution in [0.25, 0.3) is 0 Å². The van der Waals surface area contributed by atoms with Gasteiger partial charge in [-0.3, -0.25) is 0 Å². The predicted molar refractivity (Wildman–Crippen MR) is 21.0 cm³/mol. The molecule has 1 saturated heterocycles. The molecule has 0 aromatic carbocycles. The molecule has 1 unspecified atom stereocenters. The van der Waals surface area contributed by atoms with E-state index >= 15 is 0 Å². The molecule has 1 heterocycles. The summed E-state index contributed by atoms with van der Waals surface area (Å²) in [7, 11) is -0.174. The van der Waals surface area contributed by atoms with E-state index in [4.69, 9.17) is 4.89 Å². The minimum Gasteiger partial charge on any atom is -0.187 e. The van der Waals surface area contributed by atoms with Gasteiger partial charge >= 0.3 is 7.63 Å². The van der Waals surface area contributed by atoms with E-state index in [1.807, 2.05) is 8.93 Å². The molecule has 0 spiro atoms. The highest BCUT2D eigenvalue weighted by atomic mass is 32.1. The quantitative estimate of drug-likeness (QED) is 0.282. The van der Waals surface area contributed by atoms with Crippen LogP contribution in [-0.2, 0) is 9.35 Å². The highest BCUT2D eigenvalue weighted by Crippen LogP contribution is 2.79. The van der Waals surface area contributed by atoms with E-state index in [0.717, 1.165) is 0 Å². The molecule has 3 nitrogen and oxygen atoms in total. The van der Waals surface area contributed by atoms with Gasteiger partial charge < -0.3 is 0 Å². The fourth-order valence-electron chi connectivity index (χ4n) is 0.0342. The average Bonchev–Trinajstić information content (AvgIpc) is 1.76. The Kier molecular flexibility index (Phi) is 0.679. The Morgan fingerprint density at radius 3 is 1.80 bits per heavy atom.